The summed E-state index contributed by atoms with van der Waals surface area (Å²) in [6.07, 6.45) is 6.91. The van der Waals surface area contributed by atoms with Crippen molar-refractivity contribution in [3.63, 3.8) is 0 Å². The fourth-order valence-electron chi connectivity index (χ4n) is 2.64. The van der Waals surface area contributed by atoms with Gasteiger partial charge in [0.1, 0.15) is 0 Å². The molecule has 1 N–H and O–H groups in total. The SMILES string of the molecule is COCC1(C2CCC2)CCCN1. The standard InChI is InChI=1S/C10H19NO/c1-12-8-10(6-3-7-11-10)9-4-2-5-9/h9,11H,2-8H2,1H3. The van der Waals surface area contributed by atoms with Crippen molar-refractivity contribution in [3.05, 3.63) is 0 Å². The molecule has 2 nitrogen and oxygen atoms in total. The molecule has 0 aromatic rings. The van der Waals surface area contributed by atoms with E-state index in [0.717, 1.165) is 12.5 Å². The first-order chi connectivity index (χ1) is 5.87. The van der Waals surface area contributed by atoms with Gasteiger partial charge >= 0.3 is 0 Å². The molecule has 0 aromatic heterocycles. The van der Waals surface area contributed by atoms with Crippen LogP contribution in [0.1, 0.15) is 32.1 Å². The highest BCUT2D eigenvalue weighted by atomic mass is 16.5. The zero-order valence-corrected chi connectivity index (χ0v) is 7.94. The Morgan fingerprint density at radius 1 is 1.42 bits per heavy atom. The summed E-state index contributed by atoms with van der Waals surface area (Å²) in [5.74, 6) is 0.903. The Kier molecular flexibility index (Phi) is 2.37. The predicted molar refractivity (Wildman–Crippen MR) is 49.2 cm³/mol. The van der Waals surface area contributed by atoms with Crippen molar-refractivity contribution in [2.75, 3.05) is 20.3 Å². The minimum Gasteiger partial charge on any atom is -0.383 e. The monoisotopic (exact) mass is 169 g/mol. The van der Waals surface area contributed by atoms with Gasteiger partial charge in [-0.1, -0.05) is 6.42 Å². The van der Waals surface area contributed by atoms with Gasteiger partial charge in [0.2, 0.25) is 0 Å². The lowest BCUT2D eigenvalue weighted by molar-refractivity contribution is 0.0482. The third-order valence-corrected chi connectivity index (χ3v) is 3.57. The van der Waals surface area contributed by atoms with Crippen molar-refractivity contribution >= 4 is 0 Å². The van der Waals surface area contributed by atoms with Crippen LogP contribution >= 0.6 is 0 Å². The van der Waals surface area contributed by atoms with Crippen LogP contribution in [0, 0.1) is 5.92 Å². The van der Waals surface area contributed by atoms with Gasteiger partial charge in [-0.2, -0.15) is 0 Å². The van der Waals surface area contributed by atoms with Gasteiger partial charge < -0.3 is 10.1 Å². The van der Waals surface area contributed by atoms with E-state index in [1.165, 1.54) is 38.6 Å². The lowest BCUT2D eigenvalue weighted by Gasteiger charge is -2.42. The van der Waals surface area contributed by atoms with Crippen LogP contribution in [-0.2, 0) is 4.74 Å². The van der Waals surface area contributed by atoms with Gasteiger partial charge in [-0.3, -0.25) is 0 Å². The summed E-state index contributed by atoms with van der Waals surface area (Å²) in [7, 11) is 1.82. The molecule has 0 bridgehead atoms. The third kappa shape index (κ3) is 1.27. The van der Waals surface area contributed by atoms with Crippen LogP contribution in [-0.4, -0.2) is 25.8 Å². The average molecular weight is 169 g/mol. The highest BCUT2D eigenvalue weighted by Crippen LogP contribution is 2.40. The van der Waals surface area contributed by atoms with Gasteiger partial charge in [0, 0.05) is 12.6 Å². The molecule has 12 heavy (non-hydrogen) atoms. The van der Waals surface area contributed by atoms with Gasteiger partial charge in [0.25, 0.3) is 0 Å². The van der Waals surface area contributed by atoms with Crippen LogP contribution in [0.25, 0.3) is 0 Å². The van der Waals surface area contributed by atoms with E-state index >= 15 is 0 Å². The van der Waals surface area contributed by atoms with Crippen LogP contribution in [0.4, 0.5) is 0 Å². The smallest absolute Gasteiger partial charge is 0.0647 e. The molecule has 1 aliphatic heterocycles. The largest absolute Gasteiger partial charge is 0.383 e. The fourth-order valence-corrected chi connectivity index (χ4v) is 2.64. The Bertz CT molecular complexity index is 148. The van der Waals surface area contributed by atoms with E-state index in [9.17, 15) is 0 Å². The van der Waals surface area contributed by atoms with Crippen LogP contribution in [0.5, 0.6) is 0 Å². The van der Waals surface area contributed by atoms with Crippen molar-refractivity contribution in [3.8, 4) is 0 Å². The zero-order valence-electron chi connectivity index (χ0n) is 7.94. The molecular formula is C10H19NO. The molecule has 0 aromatic carbocycles. The molecule has 1 saturated carbocycles. The number of rotatable bonds is 3. The highest BCUT2D eigenvalue weighted by molar-refractivity contribution is 5.01. The molecule has 1 atom stereocenters. The summed E-state index contributed by atoms with van der Waals surface area (Å²) >= 11 is 0. The first kappa shape index (κ1) is 8.52. The average Bonchev–Trinajstić information content (AvgIpc) is 2.34. The second-order valence-electron chi connectivity index (χ2n) is 4.25. The summed E-state index contributed by atoms with van der Waals surface area (Å²) in [4.78, 5) is 0. The van der Waals surface area contributed by atoms with E-state index in [2.05, 4.69) is 5.32 Å². The topological polar surface area (TPSA) is 21.3 Å². The fraction of sp³-hybridized carbons (Fsp3) is 1.00. The number of methoxy groups -OCH3 is 1. The van der Waals surface area contributed by atoms with Crippen LogP contribution in [0.15, 0.2) is 0 Å². The predicted octanol–water partition coefficient (Wildman–Crippen LogP) is 1.56. The number of hydrogen-bond donors (Lipinski definition) is 1. The van der Waals surface area contributed by atoms with E-state index in [0.29, 0.717) is 5.54 Å². The second kappa shape index (κ2) is 3.35. The molecular weight excluding hydrogens is 150 g/mol. The lowest BCUT2D eigenvalue weighted by atomic mass is 9.70. The molecule has 2 aliphatic rings. The molecule has 1 aliphatic carbocycles. The summed E-state index contributed by atoms with van der Waals surface area (Å²) in [5.41, 5.74) is 0.368. The zero-order chi connectivity index (χ0) is 8.44. The van der Waals surface area contributed by atoms with Gasteiger partial charge in [-0.05, 0) is 38.1 Å². The minimum atomic E-state index is 0.368. The maximum absolute atomic E-state index is 5.32. The second-order valence-corrected chi connectivity index (χ2v) is 4.25. The van der Waals surface area contributed by atoms with Crippen molar-refractivity contribution in [1.29, 1.82) is 0 Å². The van der Waals surface area contributed by atoms with Gasteiger partial charge in [0.05, 0.1) is 6.61 Å². The van der Waals surface area contributed by atoms with Crippen molar-refractivity contribution in [2.45, 2.75) is 37.6 Å². The van der Waals surface area contributed by atoms with Gasteiger partial charge in [-0.25, -0.2) is 0 Å². The first-order valence-electron chi connectivity index (χ1n) is 5.11. The molecule has 1 saturated heterocycles. The first-order valence-corrected chi connectivity index (χ1v) is 5.11. The van der Waals surface area contributed by atoms with E-state index in [4.69, 9.17) is 4.74 Å². The maximum atomic E-state index is 5.32. The van der Waals surface area contributed by atoms with Crippen LogP contribution < -0.4 is 5.32 Å². The molecule has 0 radical (unpaired) electrons. The normalized spacial score (nSPS) is 36.8. The van der Waals surface area contributed by atoms with Gasteiger partial charge in [0.15, 0.2) is 0 Å². The summed E-state index contributed by atoms with van der Waals surface area (Å²) in [6, 6.07) is 0. The van der Waals surface area contributed by atoms with Crippen molar-refractivity contribution in [2.24, 2.45) is 5.92 Å². The summed E-state index contributed by atoms with van der Waals surface area (Å²) < 4.78 is 5.32. The van der Waals surface area contributed by atoms with E-state index in [1.807, 2.05) is 7.11 Å². The van der Waals surface area contributed by atoms with E-state index < -0.39 is 0 Å². The Morgan fingerprint density at radius 2 is 2.25 bits per heavy atom. The van der Waals surface area contributed by atoms with E-state index in [1.54, 1.807) is 0 Å². The van der Waals surface area contributed by atoms with Crippen LogP contribution in [0.3, 0.4) is 0 Å². The molecule has 0 spiro atoms. The number of nitrogens with one attached hydrogen (secondary N) is 1. The Labute approximate surface area is 74.7 Å². The molecule has 1 heterocycles. The number of hydrogen-bond acceptors (Lipinski definition) is 2. The third-order valence-electron chi connectivity index (χ3n) is 3.57. The summed E-state index contributed by atoms with van der Waals surface area (Å²) in [5, 5.41) is 3.65. The Balaban J connectivity index is 1.99. The van der Waals surface area contributed by atoms with Crippen LogP contribution in [0.2, 0.25) is 0 Å². The van der Waals surface area contributed by atoms with E-state index in [-0.39, 0.29) is 0 Å². The maximum Gasteiger partial charge on any atom is 0.0647 e. The molecule has 0 amide bonds. The highest BCUT2D eigenvalue weighted by Gasteiger charge is 2.43. The van der Waals surface area contributed by atoms with Crippen molar-refractivity contribution in [1.82, 2.24) is 5.32 Å². The Hall–Kier alpha value is -0.0800. The Morgan fingerprint density at radius 3 is 2.67 bits per heavy atom. The minimum absolute atomic E-state index is 0.368. The quantitative estimate of drug-likeness (QED) is 0.692. The summed E-state index contributed by atoms with van der Waals surface area (Å²) in [6.45, 7) is 2.11. The molecule has 1 unspecified atom stereocenters. The van der Waals surface area contributed by atoms with Gasteiger partial charge in [-0.15, -0.1) is 0 Å². The molecule has 2 heteroatoms. The molecule has 2 rings (SSSR count). The lowest BCUT2D eigenvalue weighted by Crippen LogP contribution is -2.52. The molecule has 70 valence electrons. The molecule has 2 fully saturated rings. The number of ether oxygens (including phenoxy) is 1. The van der Waals surface area contributed by atoms with Crippen molar-refractivity contribution < 1.29 is 4.74 Å².